The third-order valence-electron chi connectivity index (χ3n) is 6.64. The molecule has 0 radical (unpaired) electrons. The van der Waals surface area contributed by atoms with Gasteiger partial charge in [-0.25, -0.2) is 0 Å². The molecule has 0 aliphatic carbocycles. The lowest BCUT2D eigenvalue weighted by Crippen LogP contribution is -2.51. The van der Waals surface area contributed by atoms with Crippen LogP contribution in [-0.4, -0.2) is 54.4 Å². The lowest BCUT2D eigenvalue weighted by molar-refractivity contribution is -0.122. The summed E-state index contributed by atoms with van der Waals surface area (Å²) in [6.45, 7) is 14.6. The molecule has 0 saturated heterocycles. The van der Waals surface area contributed by atoms with Gasteiger partial charge in [0.2, 0.25) is 5.91 Å². The smallest absolute Gasteiger partial charge is 0.258 e. The molecular weight excluding hydrogens is 460 g/mol. The van der Waals surface area contributed by atoms with Crippen molar-refractivity contribution in [2.45, 2.75) is 65.4 Å². The Morgan fingerprint density at radius 2 is 1.66 bits per heavy atom. The van der Waals surface area contributed by atoms with Crippen molar-refractivity contribution in [1.29, 1.82) is 0 Å². The molecule has 1 unspecified atom stereocenters. The van der Waals surface area contributed by atoms with Crippen LogP contribution < -0.4 is 5.32 Å². The molecule has 0 heterocycles. The average Bonchev–Trinajstić information content (AvgIpc) is 2.77. The first-order valence-corrected chi connectivity index (χ1v) is 14.9. The molecule has 0 aromatic heterocycles. The summed E-state index contributed by atoms with van der Waals surface area (Å²) in [6, 6.07) is 12.8. The highest BCUT2D eigenvalue weighted by Crippen LogP contribution is 2.37. The number of carbonyl (C=O) groups excluding carboxylic acids is 2. The molecule has 0 fully saturated rings. The summed E-state index contributed by atoms with van der Waals surface area (Å²) in [7, 11) is -1.99. The molecule has 35 heavy (non-hydrogen) atoms. The lowest BCUT2D eigenvalue weighted by atomic mass is 9.99. The minimum absolute atomic E-state index is 0.0421. The largest absolute Gasteiger partial charge is 0.507 e. The average molecular weight is 501 g/mol. The van der Waals surface area contributed by atoms with E-state index in [0.29, 0.717) is 12.3 Å². The molecule has 7 nitrogen and oxygen atoms in total. The second-order valence-corrected chi connectivity index (χ2v) is 15.4. The van der Waals surface area contributed by atoms with E-state index in [1.54, 1.807) is 12.1 Å². The molecule has 2 aromatic carbocycles. The van der Waals surface area contributed by atoms with Gasteiger partial charge in [0.15, 0.2) is 8.32 Å². The van der Waals surface area contributed by atoms with Crippen molar-refractivity contribution >= 4 is 25.8 Å². The predicted molar refractivity (Wildman–Crippen MR) is 142 cm³/mol. The summed E-state index contributed by atoms with van der Waals surface area (Å²) >= 11 is 0. The number of benzene rings is 2. The number of para-hydroxylation sites is 2. The Kier molecular flexibility index (Phi) is 9.65. The number of aliphatic hydroxyl groups excluding tert-OH is 1. The molecule has 0 saturated carbocycles. The Bertz CT molecular complexity index is 1020. The number of nitrogens with zero attached hydrogens (tertiary/aromatic N) is 1. The van der Waals surface area contributed by atoms with Gasteiger partial charge in [-0.05, 0) is 47.8 Å². The first kappa shape index (κ1) is 28.6. The molecular formula is C27H40N2O5Si. The van der Waals surface area contributed by atoms with Crippen LogP contribution in [0.15, 0.2) is 48.5 Å². The number of hydrogen-bond donors (Lipinski definition) is 3. The molecule has 2 amide bonds. The predicted octanol–water partition coefficient (Wildman–Crippen LogP) is 5.01. The van der Waals surface area contributed by atoms with Gasteiger partial charge >= 0.3 is 0 Å². The quantitative estimate of drug-likeness (QED) is 0.398. The minimum atomic E-state index is -1.99. The number of hydrogen-bond acceptors (Lipinski definition) is 5. The molecule has 2 aromatic rings. The van der Waals surface area contributed by atoms with Crippen LogP contribution in [0.3, 0.4) is 0 Å². The maximum atomic E-state index is 13.5. The first-order valence-electron chi connectivity index (χ1n) is 12.0. The van der Waals surface area contributed by atoms with Crippen molar-refractivity contribution < 1.29 is 24.2 Å². The Labute approximate surface area is 210 Å². The normalized spacial score (nSPS) is 12.9. The number of aromatic hydroxyl groups is 1. The number of amides is 2. The maximum Gasteiger partial charge on any atom is 0.258 e. The van der Waals surface area contributed by atoms with Crippen LogP contribution in [0.25, 0.3) is 0 Å². The first-order chi connectivity index (χ1) is 16.3. The summed E-state index contributed by atoms with van der Waals surface area (Å²) in [5.74, 6) is -1.29. The minimum Gasteiger partial charge on any atom is -0.507 e. The van der Waals surface area contributed by atoms with E-state index in [1.807, 2.05) is 38.1 Å². The molecule has 0 aliphatic heterocycles. The number of rotatable bonds is 10. The Balaban J connectivity index is 2.31. The molecule has 2 rings (SSSR count). The van der Waals surface area contributed by atoms with Gasteiger partial charge in [-0.1, -0.05) is 65.0 Å². The fourth-order valence-electron chi connectivity index (χ4n) is 3.54. The fourth-order valence-corrected chi connectivity index (χ4v) is 4.49. The molecule has 0 aliphatic rings. The summed E-state index contributed by atoms with van der Waals surface area (Å²) in [6.07, 6.45) is 0. The second-order valence-electron chi connectivity index (χ2n) is 10.6. The van der Waals surface area contributed by atoms with Crippen LogP contribution in [0.4, 0.5) is 5.69 Å². The number of anilines is 1. The zero-order chi connectivity index (χ0) is 26.4. The van der Waals surface area contributed by atoms with Crippen LogP contribution >= 0.6 is 0 Å². The Morgan fingerprint density at radius 1 is 1.06 bits per heavy atom. The molecule has 8 heteroatoms. The van der Waals surface area contributed by atoms with E-state index in [9.17, 15) is 19.8 Å². The van der Waals surface area contributed by atoms with Gasteiger partial charge in [-0.3, -0.25) is 9.59 Å². The number of nitrogens with one attached hydrogen (secondary N) is 1. The highest BCUT2D eigenvalue weighted by molar-refractivity contribution is 6.74. The van der Waals surface area contributed by atoms with E-state index < -0.39 is 20.3 Å². The van der Waals surface area contributed by atoms with Crippen molar-refractivity contribution in [1.82, 2.24) is 4.90 Å². The van der Waals surface area contributed by atoms with Gasteiger partial charge in [-0.2, -0.15) is 0 Å². The van der Waals surface area contributed by atoms with Crippen molar-refractivity contribution in [3.8, 4) is 5.75 Å². The molecule has 192 valence electrons. The van der Waals surface area contributed by atoms with Crippen molar-refractivity contribution in [3.05, 3.63) is 59.7 Å². The van der Waals surface area contributed by atoms with Crippen molar-refractivity contribution in [3.63, 3.8) is 0 Å². The van der Waals surface area contributed by atoms with Crippen molar-refractivity contribution in [2.24, 2.45) is 5.92 Å². The maximum absolute atomic E-state index is 13.5. The number of phenols is 1. The lowest BCUT2D eigenvalue weighted by Gasteiger charge is -2.36. The Hall–Kier alpha value is -2.68. The summed E-state index contributed by atoms with van der Waals surface area (Å²) in [5, 5.41) is 22.9. The van der Waals surface area contributed by atoms with Crippen LogP contribution in [0.5, 0.6) is 5.75 Å². The van der Waals surface area contributed by atoms with Crippen LogP contribution in [0.1, 0.15) is 50.5 Å². The summed E-state index contributed by atoms with van der Waals surface area (Å²) in [5.41, 5.74) is 1.57. The van der Waals surface area contributed by atoms with Gasteiger partial charge in [0.05, 0.1) is 18.8 Å². The van der Waals surface area contributed by atoms with Gasteiger partial charge in [0, 0.05) is 12.2 Å². The van der Waals surface area contributed by atoms with Crippen LogP contribution in [0, 0.1) is 5.92 Å². The molecule has 3 N–H and O–H groups in total. The van der Waals surface area contributed by atoms with Gasteiger partial charge < -0.3 is 24.9 Å². The highest BCUT2D eigenvalue weighted by atomic mass is 28.4. The molecule has 1 atom stereocenters. The van der Waals surface area contributed by atoms with E-state index in [2.05, 4.69) is 39.2 Å². The van der Waals surface area contributed by atoms with Crippen LogP contribution in [-0.2, 0) is 15.8 Å². The van der Waals surface area contributed by atoms with Crippen LogP contribution in [0.2, 0.25) is 18.1 Å². The number of carbonyl (C=O) groups is 2. The summed E-state index contributed by atoms with van der Waals surface area (Å²) < 4.78 is 6.37. The zero-order valence-electron chi connectivity index (χ0n) is 22.0. The second kappa shape index (κ2) is 11.8. The molecule has 0 bridgehead atoms. The number of aliphatic hydroxyl groups is 1. The highest BCUT2D eigenvalue weighted by Gasteiger charge is 2.37. The van der Waals surface area contributed by atoms with E-state index in [4.69, 9.17) is 4.43 Å². The van der Waals surface area contributed by atoms with Gasteiger partial charge in [-0.15, -0.1) is 0 Å². The van der Waals surface area contributed by atoms with E-state index in [0.717, 1.165) is 5.56 Å². The Morgan fingerprint density at radius 3 is 2.23 bits per heavy atom. The standard InChI is InChI=1S/C27H40N2O5Si/c1-19(2)24(29(16-17-30)26(33)21-13-9-11-15-23(21)31)25(32)28-22-14-10-8-12-20(22)18-34-35(6,7)27(3,4)5/h8-15,19,24,30-31H,16-18H2,1-7H3,(H,28,32). The third kappa shape index (κ3) is 7.16. The van der Waals surface area contributed by atoms with E-state index in [-0.39, 0.29) is 41.3 Å². The van der Waals surface area contributed by atoms with Gasteiger partial charge in [0.25, 0.3) is 5.91 Å². The zero-order valence-corrected chi connectivity index (χ0v) is 23.0. The number of phenolic OH excluding ortho intramolecular Hbond substituents is 1. The SMILES string of the molecule is CC(C)C(C(=O)Nc1ccccc1CO[Si](C)(C)C(C)(C)C)N(CCO)C(=O)c1ccccc1O. The summed E-state index contributed by atoms with van der Waals surface area (Å²) in [4.78, 5) is 28.1. The third-order valence-corrected chi connectivity index (χ3v) is 11.1. The van der Waals surface area contributed by atoms with E-state index >= 15 is 0 Å². The van der Waals surface area contributed by atoms with Crippen molar-refractivity contribution in [2.75, 3.05) is 18.5 Å². The van der Waals surface area contributed by atoms with Gasteiger partial charge in [0.1, 0.15) is 11.8 Å². The monoisotopic (exact) mass is 500 g/mol. The topological polar surface area (TPSA) is 99.1 Å². The fraction of sp³-hybridized carbons (Fsp3) is 0.481. The molecule has 0 spiro atoms. The van der Waals surface area contributed by atoms with E-state index in [1.165, 1.54) is 17.0 Å².